The number of amidine groups is 1. The van der Waals surface area contributed by atoms with Crippen molar-refractivity contribution >= 4 is 22.6 Å². The van der Waals surface area contributed by atoms with Crippen LogP contribution in [0.5, 0.6) is 5.75 Å². The molecule has 1 fully saturated rings. The lowest BCUT2D eigenvalue weighted by Gasteiger charge is -2.20. The molecule has 25 heavy (non-hydrogen) atoms. The SMILES string of the molecule is N=C(N)c1ccc2cc(OC(=O)CCCC3CCCCC3)ccc2c1. The number of fused-ring (bicyclic) bond motifs is 1. The summed E-state index contributed by atoms with van der Waals surface area (Å²) >= 11 is 0. The zero-order chi connectivity index (χ0) is 17.6. The zero-order valence-corrected chi connectivity index (χ0v) is 14.6. The molecule has 132 valence electrons. The van der Waals surface area contributed by atoms with Gasteiger partial charge in [-0.2, -0.15) is 0 Å². The molecular formula is C21H26N2O2. The molecule has 3 rings (SSSR count). The number of esters is 1. The standard InChI is InChI=1S/C21H26N2O2/c22-21(23)18-10-9-17-14-19(12-11-16(17)13-18)25-20(24)8-4-7-15-5-2-1-3-6-15/h9-15H,1-8H2,(H3,22,23). The minimum absolute atomic E-state index is 0.0513. The maximum atomic E-state index is 12.1. The van der Waals surface area contributed by atoms with Gasteiger partial charge in [0, 0.05) is 12.0 Å². The normalized spacial score (nSPS) is 15.2. The average Bonchev–Trinajstić information content (AvgIpc) is 2.62. The summed E-state index contributed by atoms with van der Waals surface area (Å²) in [5, 5.41) is 9.44. The third kappa shape index (κ3) is 4.81. The van der Waals surface area contributed by atoms with E-state index in [0.717, 1.165) is 29.5 Å². The molecule has 0 amide bonds. The van der Waals surface area contributed by atoms with Gasteiger partial charge in [-0.05, 0) is 47.7 Å². The largest absolute Gasteiger partial charge is 0.427 e. The van der Waals surface area contributed by atoms with Crippen molar-refractivity contribution in [2.24, 2.45) is 11.7 Å². The number of nitrogen functional groups attached to an aromatic ring is 1. The van der Waals surface area contributed by atoms with E-state index in [9.17, 15) is 4.79 Å². The summed E-state index contributed by atoms with van der Waals surface area (Å²) in [6, 6.07) is 11.1. The van der Waals surface area contributed by atoms with Crippen LogP contribution in [0.15, 0.2) is 36.4 Å². The van der Waals surface area contributed by atoms with Crippen LogP contribution >= 0.6 is 0 Å². The summed E-state index contributed by atoms with van der Waals surface area (Å²) in [6.07, 6.45) is 9.24. The Morgan fingerprint density at radius 1 is 1.08 bits per heavy atom. The van der Waals surface area contributed by atoms with Crippen LogP contribution in [0, 0.1) is 11.3 Å². The third-order valence-corrected chi connectivity index (χ3v) is 5.07. The van der Waals surface area contributed by atoms with Gasteiger partial charge >= 0.3 is 5.97 Å². The predicted octanol–water partition coefficient (Wildman–Crippen LogP) is 4.78. The van der Waals surface area contributed by atoms with Gasteiger partial charge in [0.25, 0.3) is 0 Å². The van der Waals surface area contributed by atoms with Gasteiger partial charge in [0.05, 0.1) is 0 Å². The smallest absolute Gasteiger partial charge is 0.311 e. The van der Waals surface area contributed by atoms with Crippen LogP contribution in [0.25, 0.3) is 10.8 Å². The summed E-state index contributed by atoms with van der Waals surface area (Å²) < 4.78 is 5.48. The van der Waals surface area contributed by atoms with E-state index in [0.29, 0.717) is 17.7 Å². The summed E-state index contributed by atoms with van der Waals surface area (Å²) in [4.78, 5) is 12.1. The zero-order valence-electron chi connectivity index (χ0n) is 14.6. The van der Waals surface area contributed by atoms with Crippen molar-refractivity contribution < 1.29 is 9.53 Å². The number of carbonyl (C=O) groups excluding carboxylic acids is 1. The van der Waals surface area contributed by atoms with Crippen molar-refractivity contribution in [1.29, 1.82) is 5.41 Å². The fourth-order valence-electron chi connectivity index (χ4n) is 3.65. The van der Waals surface area contributed by atoms with Crippen LogP contribution in [0.2, 0.25) is 0 Å². The van der Waals surface area contributed by atoms with Gasteiger partial charge in [0.15, 0.2) is 0 Å². The highest BCUT2D eigenvalue weighted by Gasteiger charge is 2.14. The van der Waals surface area contributed by atoms with Crippen molar-refractivity contribution in [2.75, 3.05) is 0 Å². The lowest BCUT2D eigenvalue weighted by Crippen LogP contribution is -2.11. The number of benzene rings is 2. The maximum Gasteiger partial charge on any atom is 0.311 e. The Morgan fingerprint density at radius 3 is 2.56 bits per heavy atom. The molecule has 0 radical (unpaired) electrons. The van der Waals surface area contributed by atoms with Crippen molar-refractivity contribution in [1.82, 2.24) is 0 Å². The molecule has 4 nitrogen and oxygen atoms in total. The topological polar surface area (TPSA) is 76.2 Å². The van der Waals surface area contributed by atoms with Gasteiger partial charge in [-0.3, -0.25) is 10.2 Å². The first-order valence-electron chi connectivity index (χ1n) is 9.21. The predicted molar refractivity (Wildman–Crippen MR) is 101 cm³/mol. The molecule has 0 saturated heterocycles. The molecule has 2 aromatic carbocycles. The second-order valence-electron chi connectivity index (χ2n) is 7.01. The van der Waals surface area contributed by atoms with Gasteiger partial charge in [-0.1, -0.05) is 50.3 Å². The highest BCUT2D eigenvalue weighted by Crippen LogP contribution is 2.28. The van der Waals surface area contributed by atoms with Crippen molar-refractivity contribution in [3.63, 3.8) is 0 Å². The van der Waals surface area contributed by atoms with Gasteiger partial charge in [-0.15, -0.1) is 0 Å². The van der Waals surface area contributed by atoms with Crippen LogP contribution in [0.1, 0.15) is 56.9 Å². The first-order valence-corrected chi connectivity index (χ1v) is 9.21. The number of hydrogen-bond donors (Lipinski definition) is 2. The maximum absolute atomic E-state index is 12.1. The molecule has 0 atom stereocenters. The van der Waals surface area contributed by atoms with E-state index in [4.69, 9.17) is 15.9 Å². The Morgan fingerprint density at radius 2 is 1.80 bits per heavy atom. The summed E-state index contributed by atoms with van der Waals surface area (Å²) in [6.45, 7) is 0. The van der Waals surface area contributed by atoms with Gasteiger partial charge in [0.1, 0.15) is 11.6 Å². The minimum Gasteiger partial charge on any atom is -0.427 e. The second-order valence-corrected chi connectivity index (χ2v) is 7.01. The molecule has 3 N–H and O–H groups in total. The molecule has 0 heterocycles. The number of hydrogen-bond acceptors (Lipinski definition) is 3. The molecule has 1 aliphatic carbocycles. The van der Waals surface area contributed by atoms with E-state index in [2.05, 4.69) is 0 Å². The van der Waals surface area contributed by atoms with E-state index in [1.54, 1.807) is 12.1 Å². The van der Waals surface area contributed by atoms with E-state index in [1.165, 1.54) is 32.1 Å². The summed E-state index contributed by atoms with van der Waals surface area (Å²) in [5.41, 5.74) is 6.21. The van der Waals surface area contributed by atoms with E-state index < -0.39 is 0 Å². The Kier molecular flexibility index (Phi) is 5.69. The lowest BCUT2D eigenvalue weighted by molar-refractivity contribution is -0.134. The van der Waals surface area contributed by atoms with Crippen LogP contribution in [-0.4, -0.2) is 11.8 Å². The number of carbonyl (C=O) groups is 1. The van der Waals surface area contributed by atoms with Crippen LogP contribution in [-0.2, 0) is 4.79 Å². The number of nitrogens with two attached hydrogens (primary N) is 1. The van der Waals surface area contributed by atoms with Gasteiger partial charge in [-0.25, -0.2) is 0 Å². The van der Waals surface area contributed by atoms with Gasteiger partial charge < -0.3 is 10.5 Å². The summed E-state index contributed by atoms with van der Waals surface area (Å²) in [5.74, 6) is 1.27. The van der Waals surface area contributed by atoms with Gasteiger partial charge in [0.2, 0.25) is 0 Å². The quantitative estimate of drug-likeness (QED) is 0.344. The summed E-state index contributed by atoms with van der Waals surface area (Å²) in [7, 11) is 0. The third-order valence-electron chi connectivity index (χ3n) is 5.07. The van der Waals surface area contributed by atoms with E-state index >= 15 is 0 Å². The molecule has 0 aromatic heterocycles. The minimum atomic E-state index is -0.157. The molecule has 1 saturated carbocycles. The lowest BCUT2D eigenvalue weighted by atomic mass is 9.86. The number of nitrogens with one attached hydrogen (secondary N) is 1. The Hall–Kier alpha value is -2.36. The molecule has 0 bridgehead atoms. The van der Waals surface area contributed by atoms with E-state index in [-0.39, 0.29) is 11.8 Å². The molecule has 4 heteroatoms. The monoisotopic (exact) mass is 338 g/mol. The molecule has 0 aliphatic heterocycles. The van der Waals surface area contributed by atoms with E-state index in [1.807, 2.05) is 24.3 Å². The molecule has 0 unspecified atom stereocenters. The van der Waals surface area contributed by atoms with Crippen molar-refractivity contribution in [3.8, 4) is 5.75 Å². The number of ether oxygens (including phenoxy) is 1. The van der Waals surface area contributed by atoms with Crippen molar-refractivity contribution in [3.05, 3.63) is 42.0 Å². The Bertz CT molecular complexity index is 764. The highest BCUT2D eigenvalue weighted by molar-refractivity contribution is 5.99. The number of rotatable bonds is 6. The average molecular weight is 338 g/mol. The molecular weight excluding hydrogens is 312 g/mol. The molecule has 0 spiro atoms. The van der Waals surface area contributed by atoms with Crippen LogP contribution in [0.4, 0.5) is 0 Å². The van der Waals surface area contributed by atoms with Crippen LogP contribution < -0.4 is 10.5 Å². The fourth-order valence-corrected chi connectivity index (χ4v) is 3.65. The first kappa shape index (κ1) is 17.5. The Balaban J connectivity index is 1.53. The van der Waals surface area contributed by atoms with Crippen molar-refractivity contribution in [2.45, 2.75) is 51.4 Å². The first-order chi connectivity index (χ1) is 12.1. The highest BCUT2D eigenvalue weighted by atomic mass is 16.5. The molecule has 2 aromatic rings. The fraction of sp³-hybridized carbons (Fsp3) is 0.429. The van der Waals surface area contributed by atoms with Crippen LogP contribution in [0.3, 0.4) is 0 Å². The Labute approximate surface area is 148 Å². The molecule has 1 aliphatic rings. The second kappa shape index (κ2) is 8.15.